The first-order chi connectivity index (χ1) is 8.28. The van der Waals surface area contributed by atoms with Crippen LogP contribution < -0.4 is 11.1 Å². The van der Waals surface area contributed by atoms with Crippen LogP contribution in [-0.4, -0.2) is 24.9 Å². The van der Waals surface area contributed by atoms with Gasteiger partial charge in [0.2, 0.25) is 0 Å². The highest BCUT2D eigenvalue weighted by Gasteiger charge is 2.09. The van der Waals surface area contributed by atoms with Crippen molar-refractivity contribution in [3.8, 4) is 11.5 Å². The molecule has 0 aromatic carbocycles. The Morgan fingerprint density at radius 3 is 2.44 bits per heavy atom. The zero-order valence-corrected chi connectivity index (χ0v) is 11.6. The minimum absolute atomic E-state index is 0.275. The molecule has 0 aliphatic carbocycles. The van der Waals surface area contributed by atoms with Crippen molar-refractivity contribution in [2.45, 2.75) is 19.6 Å². The molecule has 5 nitrogen and oxygen atoms in total. The highest BCUT2D eigenvalue weighted by Crippen LogP contribution is 2.05. The number of nitrogens with zero attached hydrogens (tertiary/aromatic N) is 1. The van der Waals surface area contributed by atoms with E-state index in [1.807, 2.05) is 0 Å². The molecule has 18 heavy (non-hydrogen) atoms. The van der Waals surface area contributed by atoms with Crippen LogP contribution in [0.2, 0.25) is 19.6 Å². The number of pyridine rings is 1. The lowest BCUT2D eigenvalue weighted by atomic mass is 10.3. The Morgan fingerprint density at radius 2 is 2.00 bits per heavy atom. The fraction of sp³-hybridized carbons (Fsp3) is 0.250. The molecule has 0 spiro atoms. The Labute approximate surface area is 107 Å². The van der Waals surface area contributed by atoms with Crippen molar-refractivity contribution in [3.05, 3.63) is 23.9 Å². The van der Waals surface area contributed by atoms with E-state index in [0.29, 0.717) is 0 Å². The van der Waals surface area contributed by atoms with E-state index < -0.39 is 19.9 Å². The molecule has 0 atom stereocenters. The third-order valence-electron chi connectivity index (χ3n) is 1.81. The molecule has 0 radical (unpaired) electrons. The van der Waals surface area contributed by atoms with Crippen molar-refractivity contribution in [1.82, 2.24) is 4.98 Å². The van der Waals surface area contributed by atoms with Gasteiger partial charge in [-0.2, -0.15) is 0 Å². The van der Waals surface area contributed by atoms with Gasteiger partial charge in [0.1, 0.15) is 13.9 Å². The normalized spacial score (nSPS) is 10.2. The van der Waals surface area contributed by atoms with E-state index in [0.717, 1.165) is 5.56 Å². The average molecular weight is 261 g/mol. The smallest absolute Gasteiger partial charge is 0.314 e. The van der Waals surface area contributed by atoms with Crippen LogP contribution in [0.3, 0.4) is 0 Å². The third-order valence-corrected chi connectivity index (χ3v) is 2.69. The number of nitrogens with one attached hydrogen (secondary N) is 1. The van der Waals surface area contributed by atoms with Crippen LogP contribution in [0, 0.1) is 11.5 Å². The zero-order valence-electron chi connectivity index (χ0n) is 10.6. The summed E-state index contributed by atoms with van der Waals surface area (Å²) in [5.41, 5.74) is 8.79. The van der Waals surface area contributed by atoms with Gasteiger partial charge in [-0.05, 0) is 12.1 Å². The van der Waals surface area contributed by atoms with Crippen molar-refractivity contribution in [1.29, 1.82) is 0 Å². The summed E-state index contributed by atoms with van der Waals surface area (Å²) in [6, 6.07) is 3.31. The molecule has 1 aromatic heterocycles. The van der Waals surface area contributed by atoms with E-state index in [1.165, 1.54) is 0 Å². The molecule has 0 aliphatic heterocycles. The predicted molar refractivity (Wildman–Crippen MR) is 72.3 cm³/mol. The summed E-state index contributed by atoms with van der Waals surface area (Å²) in [6.45, 7) is 6.44. The minimum Gasteiger partial charge on any atom is -0.361 e. The van der Waals surface area contributed by atoms with E-state index in [9.17, 15) is 9.59 Å². The van der Waals surface area contributed by atoms with Gasteiger partial charge in [-0.25, -0.2) is 4.98 Å². The second-order valence-electron chi connectivity index (χ2n) is 4.75. The second kappa shape index (κ2) is 5.47. The number of nitrogens with two attached hydrogens (primary N) is 1. The minimum atomic E-state index is -1.41. The number of amides is 2. The maximum Gasteiger partial charge on any atom is 0.314 e. The molecular formula is C12H15N3O2Si. The summed E-state index contributed by atoms with van der Waals surface area (Å²) >= 11 is 0. The lowest BCUT2D eigenvalue weighted by Gasteiger charge is -2.03. The molecule has 0 unspecified atom stereocenters. The Morgan fingerprint density at radius 1 is 1.33 bits per heavy atom. The fourth-order valence-corrected chi connectivity index (χ4v) is 1.50. The lowest BCUT2D eigenvalue weighted by molar-refractivity contribution is -0.134. The van der Waals surface area contributed by atoms with Crippen molar-refractivity contribution in [2.24, 2.45) is 5.73 Å². The van der Waals surface area contributed by atoms with Gasteiger partial charge in [-0.15, -0.1) is 5.54 Å². The molecular weight excluding hydrogens is 246 g/mol. The largest absolute Gasteiger partial charge is 0.361 e. The summed E-state index contributed by atoms with van der Waals surface area (Å²) in [5, 5.41) is 2.28. The van der Waals surface area contributed by atoms with E-state index in [4.69, 9.17) is 5.73 Å². The average Bonchev–Trinajstić information content (AvgIpc) is 2.27. The Kier molecular flexibility index (Phi) is 4.23. The molecule has 0 bridgehead atoms. The highest BCUT2D eigenvalue weighted by molar-refractivity contribution is 6.83. The quantitative estimate of drug-likeness (QED) is 0.444. The number of carbonyl (C=O) groups is 2. The SMILES string of the molecule is C[Si](C)(C)C#Cc1ccc(NC(=O)C(N)=O)nc1. The molecule has 1 rings (SSSR count). The van der Waals surface area contributed by atoms with Crippen molar-refractivity contribution in [2.75, 3.05) is 5.32 Å². The number of primary amides is 1. The van der Waals surface area contributed by atoms with Crippen LogP contribution >= 0.6 is 0 Å². The van der Waals surface area contributed by atoms with Gasteiger partial charge in [-0.3, -0.25) is 9.59 Å². The summed E-state index contributed by atoms with van der Waals surface area (Å²) in [6.07, 6.45) is 1.55. The monoisotopic (exact) mass is 261 g/mol. The summed E-state index contributed by atoms with van der Waals surface area (Å²) in [4.78, 5) is 25.5. The maximum atomic E-state index is 11.0. The van der Waals surface area contributed by atoms with Crippen molar-refractivity contribution >= 4 is 25.7 Å². The van der Waals surface area contributed by atoms with E-state index in [-0.39, 0.29) is 5.82 Å². The molecule has 1 aromatic rings. The van der Waals surface area contributed by atoms with Gasteiger partial charge < -0.3 is 11.1 Å². The number of rotatable bonds is 1. The maximum absolute atomic E-state index is 11.0. The molecule has 3 N–H and O–H groups in total. The number of hydrogen-bond acceptors (Lipinski definition) is 3. The third kappa shape index (κ3) is 4.80. The molecule has 0 saturated carbocycles. The van der Waals surface area contributed by atoms with Gasteiger partial charge >= 0.3 is 11.8 Å². The standard InChI is InChI=1S/C12H15N3O2Si/c1-18(2,3)7-6-9-4-5-10(14-8-9)15-12(17)11(13)16/h4-5,8H,1-3H3,(H2,13,16)(H,14,15,17). The molecule has 0 fully saturated rings. The summed E-state index contributed by atoms with van der Waals surface area (Å²) in [5.74, 6) is 1.38. The Balaban J connectivity index is 2.77. The predicted octanol–water partition coefficient (Wildman–Crippen LogP) is 0.734. The Bertz CT molecular complexity index is 521. The van der Waals surface area contributed by atoms with Crippen LogP contribution in [0.1, 0.15) is 5.56 Å². The van der Waals surface area contributed by atoms with Crippen LogP contribution in [0.5, 0.6) is 0 Å². The number of aromatic nitrogens is 1. The molecule has 6 heteroatoms. The topological polar surface area (TPSA) is 85.1 Å². The van der Waals surface area contributed by atoms with Crippen LogP contribution in [0.4, 0.5) is 5.82 Å². The second-order valence-corrected chi connectivity index (χ2v) is 9.50. The van der Waals surface area contributed by atoms with Crippen molar-refractivity contribution in [3.63, 3.8) is 0 Å². The lowest BCUT2D eigenvalue weighted by Crippen LogP contribution is -2.29. The van der Waals surface area contributed by atoms with Gasteiger partial charge in [0.05, 0.1) is 0 Å². The summed E-state index contributed by atoms with van der Waals surface area (Å²) in [7, 11) is -1.41. The molecule has 0 saturated heterocycles. The van der Waals surface area contributed by atoms with Gasteiger partial charge in [0.25, 0.3) is 0 Å². The first kappa shape index (κ1) is 13.9. The van der Waals surface area contributed by atoms with Crippen LogP contribution in [-0.2, 0) is 9.59 Å². The molecule has 94 valence electrons. The number of anilines is 1. The van der Waals surface area contributed by atoms with E-state index in [1.54, 1.807) is 18.3 Å². The zero-order chi connectivity index (χ0) is 13.8. The van der Waals surface area contributed by atoms with E-state index >= 15 is 0 Å². The van der Waals surface area contributed by atoms with E-state index in [2.05, 4.69) is 41.4 Å². The molecule has 2 amide bonds. The first-order valence-corrected chi connectivity index (χ1v) is 8.88. The fourth-order valence-electron chi connectivity index (χ4n) is 0.979. The van der Waals surface area contributed by atoms with Gasteiger partial charge in [-0.1, -0.05) is 25.6 Å². The number of carbonyl (C=O) groups excluding carboxylic acids is 2. The van der Waals surface area contributed by atoms with Gasteiger partial charge in [0, 0.05) is 11.8 Å². The van der Waals surface area contributed by atoms with Gasteiger partial charge in [0.15, 0.2) is 0 Å². The van der Waals surface area contributed by atoms with Crippen molar-refractivity contribution < 1.29 is 9.59 Å². The van der Waals surface area contributed by atoms with Crippen LogP contribution in [0.25, 0.3) is 0 Å². The molecule has 1 heterocycles. The van der Waals surface area contributed by atoms with Crippen LogP contribution in [0.15, 0.2) is 18.3 Å². The molecule has 0 aliphatic rings. The first-order valence-electron chi connectivity index (χ1n) is 5.38. The number of hydrogen-bond donors (Lipinski definition) is 2. The summed E-state index contributed by atoms with van der Waals surface area (Å²) < 4.78 is 0. The highest BCUT2D eigenvalue weighted by atomic mass is 28.3. The Hall–Kier alpha value is -2.13.